The molecule has 150 valence electrons. The molecule has 1 N–H and O–H groups in total. The molecule has 0 radical (unpaired) electrons. The van der Waals surface area contributed by atoms with Crippen LogP contribution in [-0.2, 0) is 14.8 Å². The lowest BCUT2D eigenvalue weighted by molar-refractivity contribution is -0.117. The van der Waals surface area contributed by atoms with Crippen LogP contribution in [0.25, 0.3) is 0 Å². The number of hydrogen-bond acceptors (Lipinski definition) is 4. The normalized spacial score (nSPS) is 14.6. The van der Waals surface area contributed by atoms with Crippen molar-refractivity contribution < 1.29 is 22.3 Å². The van der Waals surface area contributed by atoms with Gasteiger partial charge in [0, 0.05) is 19.0 Å². The number of nitrogens with zero attached hydrogens (tertiary/aromatic N) is 1. The molecule has 1 fully saturated rings. The maximum absolute atomic E-state index is 14.4. The predicted molar refractivity (Wildman–Crippen MR) is 106 cm³/mol. The Morgan fingerprint density at radius 3 is 2.50 bits per heavy atom. The number of carbonyl (C=O) groups excluding carboxylic acids is 1. The zero-order valence-corrected chi connectivity index (χ0v) is 16.8. The lowest BCUT2D eigenvalue weighted by Crippen LogP contribution is -2.24. The Morgan fingerprint density at radius 1 is 1.18 bits per heavy atom. The van der Waals surface area contributed by atoms with Crippen LogP contribution in [0.1, 0.15) is 32.3 Å². The summed E-state index contributed by atoms with van der Waals surface area (Å²) >= 11 is 0. The number of anilines is 2. The molecule has 0 aliphatic carbocycles. The van der Waals surface area contributed by atoms with Crippen LogP contribution in [-0.4, -0.2) is 27.0 Å². The van der Waals surface area contributed by atoms with Gasteiger partial charge in [0.2, 0.25) is 5.91 Å². The lowest BCUT2D eigenvalue weighted by atomic mass is 10.2. The SMILES string of the molecule is Cc1cc(S(=O)(=O)Nc2ccc(N3CCCC3=O)c(F)c2)ccc1OC(C)C. The number of hydrogen-bond donors (Lipinski definition) is 1. The van der Waals surface area contributed by atoms with Crippen LogP contribution in [0.15, 0.2) is 41.3 Å². The van der Waals surface area contributed by atoms with Crippen molar-refractivity contribution in [2.75, 3.05) is 16.2 Å². The monoisotopic (exact) mass is 406 g/mol. The Labute approximate surface area is 164 Å². The minimum Gasteiger partial charge on any atom is -0.491 e. The van der Waals surface area contributed by atoms with Crippen LogP contribution >= 0.6 is 0 Å². The van der Waals surface area contributed by atoms with E-state index in [0.717, 1.165) is 6.07 Å². The van der Waals surface area contributed by atoms with E-state index in [1.807, 2.05) is 13.8 Å². The average molecular weight is 406 g/mol. The Balaban J connectivity index is 1.81. The first-order valence-corrected chi connectivity index (χ1v) is 10.6. The highest BCUT2D eigenvalue weighted by Gasteiger charge is 2.25. The van der Waals surface area contributed by atoms with Crippen molar-refractivity contribution in [3.63, 3.8) is 0 Å². The summed E-state index contributed by atoms with van der Waals surface area (Å²) in [7, 11) is -3.89. The van der Waals surface area contributed by atoms with Gasteiger partial charge in [0.15, 0.2) is 0 Å². The molecule has 2 aromatic carbocycles. The van der Waals surface area contributed by atoms with E-state index in [-0.39, 0.29) is 28.3 Å². The van der Waals surface area contributed by atoms with Crippen molar-refractivity contribution >= 4 is 27.3 Å². The second-order valence-electron chi connectivity index (χ2n) is 7.01. The van der Waals surface area contributed by atoms with Gasteiger partial charge in [-0.05, 0) is 63.1 Å². The molecule has 0 unspecified atom stereocenters. The van der Waals surface area contributed by atoms with Crippen LogP contribution in [0.2, 0.25) is 0 Å². The van der Waals surface area contributed by atoms with Crippen LogP contribution in [0.5, 0.6) is 5.75 Å². The van der Waals surface area contributed by atoms with Crippen molar-refractivity contribution in [1.29, 1.82) is 0 Å². The third-order valence-electron chi connectivity index (χ3n) is 4.38. The fraction of sp³-hybridized carbons (Fsp3) is 0.350. The molecule has 28 heavy (non-hydrogen) atoms. The number of ether oxygens (including phenoxy) is 1. The molecule has 0 saturated carbocycles. The summed E-state index contributed by atoms with van der Waals surface area (Å²) in [6, 6.07) is 8.51. The van der Waals surface area contributed by atoms with E-state index >= 15 is 0 Å². The van der Waals surface area contributed by atoms with Crippen molar-refractivity contribution in [2.24, 2.45) is 0 Å². The number of amides is 1. The molecule has 6 nitrogen and oxygen atoms in total. The molecule has 0 atom stereocenters. The summed E-state index contributed by atoms with van der Waals surface area (Å²) in [5, 5.41) is 0. The average Bonchev–Trinajstić information content (AvgIpc) is 3.02. The molecule has 1 saturated heterocycles. The Kier molecular flexibility index (Phi) is 5.60. The third kappa shape index (κ3) is 4.27. The minimum absolute atomic E-state index is 0.0248. The van der Waals surface area contributed by atoms with E-state index in [1.165, 1.54) is 29.2 Å². The summed E-state index contributed by atoms with van der Waals surface area (Å²) in [5.74, 6) is -0.168. The number of benzene rings is 2. The first-order chi connectivity index (χ1) is 13.2. The molecule has 1 aliphatic heterocycles. The standard InChI is InChI=1S/C20H23FN2O4S/c1-13(2)27-19-9-7-16(11-14(19)3)28(25,26)22-15-6-8-18(17(21)12-15)23-10-4-5-20(23)24/h6-9,11-13,22H,4-5,10H2,1-3H3. The molecule has 0 aromatic heterocycles. The zero-order chi connectivity index (χ0) is 20.5. The summed E-state index contributed by atoms with van der Waals surface area (Å²) in [4.78, 5) is 13.2. The molecule has 0 spiro atoms. The van der Waals surface area contributed by atoms with E-state index in [4.69, 9.17) is 4.74 Å². The number of aryl methyl sites for hydroxylation is 1. The van der Waals surface area contributed by atoms with Crippen LogP contribution in [0.4, 0.5) is 15.8 Å². The first-order valence-electron chi connectivity index (χ1n) is 9.07. The second-order valence-corrected chi connectivity index (χ2v) is 8.70. The molecule has 1 heterocycles. The maximum atomic E-state index is 14.4. The smallest absolute Gasteiger partial charge is 0.261 e. The van der Waals surface area contributed by atoms with Gasteiger partial charge in [0.25, 0.3) is 10.0 Å². The van der Waals surface area contributed by atoms with Crippen LogP contribution < -0.4 is 14.4 Å². The number of carbonyl (C=O) groups is 1. The number of nitrogens with one attached hydrogen (secondary N) is 1. The minimum atomic E-state index is -3.89. The van der Waals surface area contributed by atoms with Crippen molar-refractivity contribution in [1.82, 2.24) is 0 Å². The Bertz CT molecular complexity index is 1010. The van der Waals surface area contributed by atoms with E-state index < -0.39 is 15.8 Å². The topological polar surface area (TPSA) is 75.7 Å². The van der Waals surface area contributed by atoms with Gasteiger partial charge in [0.1, 0.15) is 11.6 Å². The van der Waals surface area contributed by atoms with Crippen molar-refractivity contribution in [3.05, 3.63) is 47.8 Å². The summed E-state index contributed by atoms with van der Waals surface area (Å²) in [5.41, 5.74) is 0.940. The van der Waals surface area contributed by atoms with Crippen molar-refractivity contribution in [2.45, 2.75) is 44.6 Å². The molecular weight excluding hydrogens is 383 g/mol. The van der Waals surface area contributed by atoms with Gasteiger partial charge in [-0.2, -0.15) is 0 Å². The van der Waals surface area contributed by atoms with E-state index in [9.17, 15) is 17.6 Å². The fourth-order valence-electron chi connectivity index (χ4n) is 3.08. The quantitative estimate of drug-likeness (QED) is 0.791. The molecular formula is C20H23FN2O4S. The highest BCUT2D eigenvalue weighted by molar-refractivity contribution is 7.92. The Morgan fingerprint density at radius 2 is 1.93 bits per heavy atom. The highest BCUT2D eigenvalue weighted by atomic mass is 32.2. The molecule has 1 aliphatic rings. The van der Waals surface area contributed by atoms with Gasteiger partial charge in [-0.1, -0.05) is 0 Å². The summed E-state index contributed by atoms with van der Waals surface area (Å²) in [6.07, 6.45) is 1.05. The van der Waals surface area contributed by atoms with Crippen molar-refractivity contribution in [3.8, 4) is 5.75 Å². The van der Waals surface area contributed by atoms with Gasteiger partial charge in [-0.15, -0.1) is 0 Å². The summed E-state index contributed by atoms with van der Waals surface area (Å²) in [6.45, 7) is 6.00. The first kappa shape index (κ1) is 20.1. The van der Waals surface area contributed by atoms with E-state index in [0.29, 0.717) is 30.7 Å². The molecule has 1 amide bonds. The van der Waals surface area contributed by atoms with Gasteiger partial charge >= 0.3 is 0 Å². The van der Waals surface area contributed by atoms with Gasteiger partial charge < -0.3 is 9.64 Å². The zero-order valence-electron chi connectivity index (χ0n) is 16.0. The van der Waals surface area contributed by atoms with Gasteiger partial charge in [-0.3, -0.25) is 9.52 Å². The number of rotatable bonds is 6. The molecule has 3 rings (SSSR count). The predicted octanol–water partition coefficient (Wildman–Crippen LogP) is 3.85. The maximum Gasteiger partial charge on any atom is 0.261 e. The second kappa shape index (κ2) is 7.79. The fourth-order valence-corrected chi connectivity index (χ4v) is 4.22. The number of sulfonamides is 1. The largest absolute Gasteiger partial charge is 0.491 e. The van der Waals surface area contributed by atoms with E-state index in [1.54, 1.807) is 13.0 Å². The van der Waals surface area contributed by atoms with Crippen LogP contribution in [0.3, 0.4) is 0 Å². The lowest BCUT2D eigenvalue weighted by Gasteiger charge is -2.17. The van der Waals surface area contributed by atoms with E-state index in [2.05, 4.69) is 4.72 Å². The molecule has 8 heteroatoms. The Hall–Kier alpha value is -2.61. The third-order valence-corrected chi connectivity index (χ3v) is 5.76. The van der Waals surface area contributed by atoms with Gasteiger partial charge in [-0.25, -0.2) is 12.8 Å². The number of halogens is 1. The highest BCUT2D eigenvalue weighted by Crippen LogP contribution is 2.29. The molecule has 0 bridgehead atoms. The van der Waals surface area contributed by atoms with Gasteiger partial charge in [0.05, 0.1) is 22.4 Å². The summed E-state index contributed by atoms with van der Waals surface area (Å²) < 4.78 is 47.8. The molecule has 2 aromatic rings. The van der Waals surface area contributed by atoms with Crippen LogP contribution in [0, 0.1) is 12.7 Å².